The van der Waals surface area contributed by atoms with E-state index in [-0.39, 0.29) is 12.8 Å². The summed E-state index contributed by atoms with van der Waals surface area (Å²) in [5.74, 6) is -3.40. The van der Waals surface area contributed by atoms with Crippen LogP contribution in [-0.2, 0) is 14.2 Å². The molecule has 0 aliphatic heterocycles. The van der Waals surface area contributed by atoms with Gasteiger partial charge in [-0.2, -0.15) is 13.2 Å². The van der Waals surface area contributed by atoms with E-state index < -0.39 is 56.5 Å². The zero-order valence-corrected chi connectivity index (χ0v) is 11.5. The van der Waals surface area contributed by atoms with Crippen molar-refractivity contribution in [1.82, 2.24) is 0 Å². The topological polar surface area (TPSA) is 118 Å². The molecule has 0 aromatic rings. The number of aliphatic carboxylic acids is 1. The van der Waals surface area contributed by atoms with E-state index in [0.29, 0.717) is 0 Å². The second-order valence-electron chi connectivity index (χ2n) is 4.51. The lowest BCUT2D eigenvalue weighted by atomic mass is 10.1. The van der Waals surface area contributed by atoms with Crippen molar-refractivity contribution in [3.8, 4) is 0 Å². The molecule has 4 N–H and O–H groups in total. The van der Waals surface area contributed by atoms with E-state index in [4.69, 9.17) is 10.8 Å². The number of carboxylic acid groups (broad SMARTS) is 1. The molecule has 1 amide bonds. The highest BCUT2D eigenvalue weighted by atomic mass is 31.2. The second kappa shape index (κ2) is 7.64. The van der Waals surface area contributed by atoms with Crippen LogP contribution in [0.3, 0.4) is 0 Å². The Morgan fingerprint density at radius 3 is 2.25 bits per heavy atom. The minimum absolute atomic E-state index is 0.214. The number of amides is 1. The molecule has 0 aromatic heterocycles. The number of hydrogen-bond acceptors (Lipinski definition) is 3. The van der Waals surface area contributed by atoms with Crippen LogP contribution in [0.5, 0.6) is 0 Å². The maximum Gasteiger partial charge on any atom is 0.389 e. The summed E-state index contributed by atoms with van der Waals surface area (Å²) in [5.41, 5.74) is 4.84. The third kappa shape index (κ3) is 9.80. The normalized spacial score (nSPS) is 16.4. The van der Waals surface area contributed by atoms with E-state index in [1.54, 1.807) is 0 Å². The Morgan fingerprint density at radius 2 is 1.85 bits per heavy atom. The monoisotopic (exact) mass is 319 g/mol. The molecule has 6 nitrogen and oxygen atoms in total. The van der Waals surface area contributed by atoms with Crippen LogP contribution in [0.25, 0.3) is 0 Å². The molecule has 2 atom stereocenters. The SMILES string of the molecule is NC(=O)CCC(CP(=O)(O)CCCC(F)(F)F)C(=O)O. The average molecular weight is 319 g/mol. The molecule has 0 bridgehead atoms. The highest BCUT2D eigenvalue weighted by molar-refractivity contribution is 7.58. The van der Waals surface area contributed by atoms with Gasteiger partial charge in [-0.3, -0.25) is 14.2 Å². The number of alkyl halides is 3. The van der Waals surface area contributed by atoms with Gasteiger partial charge in [0.2, 0.25) is 13.3 Å². The van der Waals surface area contributed by atoms with E-state index in [9.17, 15) is 32.2 Å². The molecule has 0 rings (SSSR count). The van der Waals surface area contributed by atoms with Crippen LogP contribution in [-0.4, -0.2) is 40.4 Å². The fraction of sp³-hybridized carbons (Fsp3) is 0.800. The molecule has 0 aliphatic rings. The zero-order chi connectivity index (χ0) is 16.0. The van der Waals surface area contributed by atoms with Crippen molar-refractivity contribution in [2.45, 2.75) is 31.9 Å². The lowest BCUT2D eigenvalue weighted by Gasteiger charge is -2.17. The number of carbonyl (C=O) groups is 2. The van der Waals surface area contributed by atoms with E-state index in [1.165, 1.54) is 0 Å². The first-order valence-electron chi connectivity index (χ1n) is 5.81. The maximum absolute atomic E-state index is 11.9. The second-order valence-corrected chi connectivity index (χ2v) is 7.02. The largest absolute Gasteiger partial charge is 0.481 e. The summed E-state index contributed by atoms with van der Waals surface area (Å²) < 4.78 is 47.4. The first-order chi connectivity index (χ1) is 8.93. The number of primary amides is 1. The molecule has 0 aliphatic carbocycles. The van der Waals surface area contributed by atoms with Crippen LogP contribution in [0.4, 0.5) is 13.2 Å². The summed E-state index contributed by atoms with van der Waals surface area (Å²) >= 11 is 0. The fourth-order valence-corrected chi connectivity index (χ4v) is 3.43. The quantitative estimate of drug-likeness (QED) is 0.557. The van der Waals surface area contributed by atoms with Crippen LogP contribution in [0.15, 0.2) is 0 Å². The lowest BCUT2D eigenvalue weighted by molar-refractivity contribution is -0.141. The van der Waals surface area contributed by atoms with Gasteiger partial charge in [-0.1, -0.05) is 0 Å². The van der Waals surface area contributed by atoms with Crippen LogP contribution < -0.4 is 5.73 Å². The zero-order valence-electron chi connectivity index (χ0n) is 10.6. The highest BCUT2D eigenvalue weighted by Gasteiger charge is 2.31. The van der Waals surface area contributed by atoms with Crippen molar-refractivity contribution in [3.05, 3.63) is 0 Å². The molecule has 0 saturated carbocycles. The molecule has 20 heavy (non-hydrogen) atoms. The van der Waals surface area contributed by atoms with Gasteiger partial charge >= 0.3 is 12.1 Å². The molecular weight excluding hydrogens is 302 g/mol. The Labute approximate surface area is 113 Å². The molecule has 0 aromatic carbocycles. The number of carboxylic acids is 1. The molecule has 2 unspecified atom stereocenters. The van der Waals surface area contributed by atoms with Gasteiger partial charge in [0.25, 0.3) is 0 Å². The maximum atomic E-state index is 11.9. The lowest BCUT2D eigenvalue weighted by Crippen LogP contribution is -2.22. The molecule has 10 heteroatoms. The smallest absolute Gasteiger partial charge is 0.389 e. The summed E-state index contributed by atoms with van der Waals surface area (Å²) in [6.45, 7) is 0. The van der Waals surface area contributed by atoms with Gasteiger partial charge in [-0.15, -0.1) is 0 Å². The van der Waals surface area contributed by atoms with Gasteiger partial charge in [-0.25, -0.2) is 0 Å². The first kappa shape index (κ1) is 18.9. The number of nitrogens with two attached hydrogens (primary N) is 1. The minimum Gasteiger partial charge on any atom is -0.481 e. The van der Waals surface area contributed by atoms with Gasteiger partial charge in [0.1, 0.15) is 0 Å². The number of rotatable bonds is 9. The third-order valence-corrected chi connectivity index (χ3v) is 4.59. The van der Waals surface area contributed by atoms with Crippen LogP contribution >= 0.6 is 7.37 Å². The third-order valence-electron chi connectivity index (χ3n) is 2.56. The molecule has 0 radical (unpaired) electrons. The fourth-order valence-electron chi connectivity index (χ4n) is 1.57. The summed E-state index contributed by atoms with van der Waals surface area (Å²) in [6.07, 6.45) is -7.90. The average Bonchev–Trinajstić information content (AvgIpc) is 2.21. The van der Waals surface area contributed by atoms with Crippen molar-refractivity contribution in [1.29, 1.82) is 0 Å². The van der Waals surface area contributed by atoms with Gasteiger partial charge < -0.3 is 15.7 Å². The Balaban J connectivity index is 4.41. The summed E-state index contributed by atoms with van der Waals surface area (Å²) in [4.78, 5) is 30.9. The van der Waals surface area contributed by atoms with Gasteiger partial charge in [0.15, 0.2) is 0 Å². The Hall–Kier alpha value is -1.08. The molecule has 118 valence electrons. The molecule has 0 heterocycles. The van der Waals surface area contributed by atoms with Gasteiger partial charge in [0, 0.05) is 25.2 Å². The van der Waals surface area contributed by atoms with Crippen molar-refractivity contribution in [3.63, 3.8) is 0 Å². The standard InChI is InChI=1S/C10H17F3NO5P/c11-10(12,13)4-1-5-20(18,19)6-7(9(16)17)2-3-8(14)15/h7H,1-6H2,(H2,14,15)(H,16,17)(H,18,19). The van der Waals surface area contributed by atoms with Crippen molar-refractivity contribution < 1.29 is 37.3 Å². The van der Waals surface area contributed by atoms with E-state index in [1.807, 2.05) is 0 Å². The molecule has 0 fully saturated rings. The van der Waals surface area contributed by atoms with Crippen molar-refractivity contribution >= 4 is 19.2 Å². The Morgan fingerprint density at radius 1 is 1.30 bits per heavy atom. The number of hydrogen-bond donors (Lipinski definition) is 3. The van der Waals surface area contributed by atoms with Gasteiger partial charge in [0.05, 0.1) is 5.92 Å². The Bertz CT molecular complexity index is 399. The van der Waals surface area contributed by atoms with E-state index in [0.717, 1.165) is 0 Å². The Kier molecular flexibility index (Phi) is 7.22. The van der Waals surface area contributed by atoms with Crippen molar-refractivity contribution in [2.75, 3.05) is 12.3 Å². The van der Waals surface area contributed by atoms with Crippen LogP contribution in [0.2, 0.25) is 0 Å². The number of carbonyl (C=O) groups excluding carboxylic acids is 1. The molecule has 0 saturated heterocycles. The highest BCUT2D eigenvalue weighted by Crippen LogP contribution is 2.45. The summed E-state index contributed by atoms with van der Waals surface area (Å²) in [6, 6.07) is 0. The van der Waals surface area contributed by atoms with Crippen molar-refractivity contribution in [2.24, 2.45) is 11.7 Å². The number of halogens is 3. The summed E-state index contributed by atoms with van der Waals surface area (Å²) in [7, 11) is -3.98. The van der Waals surface area contributed by atoms with Crippen LogP contribution in [0, 0.1) is 5.92 Å². The molecule has 0 spiro atoms. The predicted molar refractivity (Wildman–Crippen MR) is 64.4 cm³/mol. The minimum atomic E-state index is -4.42. The summed E-state index contributed by atoms with van der Waals surface area (Å²) in [5, 5.41) is 8.84. The molecular formula is C10H17F3NO5P. The van der Waals surface area contributed by atoms with Crippen LogP contribution in [0.1, 0.15) is 25.7 Å². The van der Waals surface area contributed by atoms with E-state index >= 15 is 0 Å². The predicted octanol–water partition coefficient (Wildman–Crippen LogP) is 1.57. The van der Waals surface area contributed by atoms with Gasteiger partial charge in [-0.05, 0) is 12.8 Å². The first-order valence-corrected chi connectivity index (χ1v) is 7.84. The van der Waals surface area contributed by atoms with E-state index in [2.05, 4.69) is 0 Å².